The summed E-state index contributed by atoms with van der Waals surface area (Å²) in [6.07, 6.45) is 0. The number of rotatable bonds is 9. The molecule has 0 saturated heterocycles. The minimum Gasteiger partial charge on any atom is -1.00 e. The van der Waals surface area contributed by atoms with Crippen LogP contribution in [0.3, 0.4) is 0 Å². The van der Waals surface area contributed by atoms with E-state index in [1.807, 2.05) is 13.8 Å². The van der Waals surface area contributed by atoms with Gasteiger partial charge >= 0.3 is 0 Å². The van der Waals surface area contributed by atoms with Gasteiger partial charge in [-0.3, -0.25) is 4.79 Å². The molecule has 0 atom stereocenters. The monoisotopic (exact) mass is 426 g/mol. The van der Waals surface area contributed by atoms with Crippen LogP contribution in [0, 0.1) is 0 Å². The molecule has 0 bridgehead atoms. The number of carbonyl (C=O) groups is 1. The maximum Gasteiger partial charge on any atom is 0.228 e. The Hall–Kier alpha value is -1.87. The van der Waals surface area contributed by atoms with Crippen LogP contribution in [0.1, 0.15) is 24.2 Å². The highest BCUT2D eigenvalue weighted by molar-refractivity contribution is 7.99. The Labute approximate surface area is 162 Å². The fourth-order valence-electron chi connectivity index (χ4n) is 1.89. The van der Waals surface area contributed by atoms with Crippen molar-refractivity contribution in [2.75, 3.05) is 36.6 Å². The molecule has 0 saturated carbocycles. The summed E-state index contributed by atoms with van der Waals surface area (Å²) in [5.41, 5.74) is 0.635. The zero-order chi connectivity index (χ0) is 17.4. The average molecular weight is 427 g/mol. The van der Waals surface area contributed by atoms with Crippen LogP contribution >= 0.6 is 11.8 Å². The summed E-state index contributed by atoms with van der Waals surface area (Å²) in [6.45, 7) is 5.36. The number of ether oxygens (including phenoxy) is 1. The van der Waals surface area contributed by atoms with Gasteiger partial charge in [0.1, 0.15) is 5.75 Å². The van der Waals surface area contributed by atoms with Gasteiger partial charge in [0, 0.05) is 18.7 Å². The van der Waals surface area contributed by atoms with Crippen molar-refractivity contribution in [1.29, 1.82) is 0 Å². The molecule has 1 aromatic heterocycles. The van der Waals surface area contributed by atoms with E-state index in [1.54, 1.807) is 31.4 Å². The van der Waals surface area contributed by atoms with Gasteiger partial charge < -0.3 is 32.4 Å². The number of nitrogens with one attached hydrogen (secondary N) is 2. The number of ketones is 1. The van der Waals surface area contributed by atoms with Gasteiger partial charge in [-0.15, -0.1) is 0 Å². The number of thioether (sulfide) groups is 1. The Bertz CT molecular complexity index is 660. The van der Waals surface area contributed by atoms with Gasteiger partial charge in [0.2, 0.25) is 11.9 Å². The summed E-state index contributed by atoms with van der Waals surface area (Å²) in [5, 5.41) is 6.64. The molecule has 7 nitrogen and oxygen atoms in total. The van der Waals surface area contributed by atoms with Crippen molar-refractivity contribution >= 4 is 29.4 Å². The van der Waals surface area contributed by atoms with Gasteiger partial charge in [-0.25, -0.2) is 0 Å². The summed E-state index contributed by atoms with van der Waals surface area (Å²) < 4.78 is 5.09. The molecule has 1 aromatic carbocycles. The Morgan fingerprint density at radius 1 is 1.04 bits per heavy atom. The fourth-order valence-corrected chi connectivity index (χ4v) is 2.61. The zero-order valence-corrected chi connectivity index (χ0v) is 16.8. The maximum absolute atomic E-state index is 12.3. The third-order valence-corrected chi connectivity index (χ3v) is 3.88. The first kappa shape index (κ1) is 21.2. The molecule has 0 aliphatic carbocycles. The van der Waals surface area contributed by atoms with Crippen LogP contribution in [0.25, 0.3) is 0 Å². The summed E-state index contributed by atoms with van der Waals surface area (Å²) in [5.74, 6) is 2.00. The zero-order valence-electron chi connectivity index (χ0n) is 14.4. The lowest BCUT2D eigenvalue weighted by atomic mass is 10.1. The Balaban J connectivity index is 0.00000312. The molecule has 2 aromatic rings. The number of hydrogen-bond acceptors (Lipinski definition) is 8. The Kier molecular flexibility index (Phi) is 9.22. The maximum atomic E-state index is 12.3. The van der Waals surface area contributed by atoms with Crippen molar-refractivity contribution in [2.45, 2.75) is 19.0 Å². The minimum absolute atomic E-state index is 0. The second kappa shape index (κ2) is 10.9. The first-order valence-corrected chi connectivity index (χ1v) is 8.68. The van der Waals surface area contributed by atoms with Crippen molar-refractivity contribution < 1.29 is 26.5 Å². The highest BCUT2D eigenvalue weighted by Crippen LogP contribution is 2.19. The molecule has 0 amide bonds. The van der Waals surface area contributed by atoms with Crippen LogP contribution in [0.5, 0.6) is 5.75 Å². The largest absolute Gasteiger partial charge is 1.00 e. The molecule has 0 aliphatic rings. The smallest absolute Gasteiger partial charge is 0.228 e. The van der Waals surface area contributed by atoms with Crippen molar-refractivity contribution in [3.63, 3.8) is 0 Å². The normalized spacial score (nSPS) is 9.88. The summed E-state index contributed by atoms with van der Waals surface area (Å²) in [6, 6.07) is 7.05. The predicted molar refractivity (Wildman–Crippen MR) is 96.2 cm³/mol. The van der Waals surface area contributed by atoms with E-state index < -0.39 is 0 Å². The number of anilines is 2. The lowest BCUT2D eigenvalue weighted by Crippen LogP contribution is -3.00. The highest BCUT2D eigenvalue weighted by Gasteiger charge is 2.11. The molecule has 136 valence electrons. The third kappa shape index (κ3) is 6.50. The molecular formula is C16H21BrN5O2S-. The van der Waals surface area contributed by atoms with Gasteiger partial charge in [-0.05, 0) is 38.1 Å². The SMILES string of the molecule is CCNc1nc(NCC)nc(SCC(=O)c2ccc(OC)cc2)n1.[Br-]. The third-order valence-electron chi connectivity index (χ3n) is 3.03. The quantitative estimate of drug-likeness (QED) is 0.418. The van der Waals surface area contributed by atoms with E-state index >= 15 is 0 Å². The first-order valence-electron chi connectivity index (χ1n) is 7.70. The number of aromatic nitrogens is 3. The molecule has 25 heavy (non-hydrogen) atoms. The van der Waals surface area contributed by atoms with Gasteiger partial charge in [-0.2, -0.15) is 15.0 Å². The minimum atomic E-state index is 0. The van der Waals surface area contributed by atoms with E-state index in [9.17, 15) is 4.79 Å². The number of carbonyl (C=O) groups excluding carboxylic acids is 1. The topological polar surface area (TPSA) is 89.0 Å². The predicted octanol–water partition coefficient (Wildman–Crippen LogP) is -0.277. The molecule has 2 rings (SSSR count). The molecule has 0 radical (unpaired) electrons. The van der Waals surface area contributed by atoms with Gasteiger partial charge in [-0.1, -0.05) is 11.8 Å². The van der Waals surface area contributed by atoms with Gasteiger partial charge in [0.25, 0.3) is 0 Å². The second-order valence-corrected chi connectivity index (χ2v) is 5.71. The van der Waals surface area contributed by atoms with Crippen LogP contribution in [-0.4, -0.2) is 46.7 Å². The molecular weight excluding hydrogens is 406 g/mol. The number of halogens is 1. The molecule has 0 fully saturated rings. The standard InChI is InChI=1S/C16H21N5O2S.BrH/c1-4-17-14-19-15(18-5-2)21-16(20-14)24-10-13(22)11-6-8-12(23-3)9-7-11;/h6-9H,4-5,10H2,1-3H3,(H2,17,18,19,20,21);1H/p-1. The molecule has 1 heterocycles. The van der Waals surface area contributed by atoms with Crippen molar-refractivity contribution in [1.82, 2.24) is 15.0 Å². The lowest BCUT2D eigenvalue weighted by Gasteiger charge is -2.08. The fraction of sp³-hybridized carbons (Fsp3) is 0.375. The number of methoxy groups -OCH3 is 1. The molecule has 9 heteroatoms. The van der Waals surface area contributed by atoms with Crippen LogP contribution in [0.2, 0.25) is 0 Å². The summed E-state index contributed by atoms with van der Waals surface area (Å²) in [7, 11) is 1.59. The van der Waals surface area contributed by atoms with Gasteiger partial charge in [0.05, 0.1) is 12.9 Å². The van der Waals surface area contributed by atoms with Crippen LogP contribution in [0.15, 0.2) is 29.4 Å². The van der Waals surface area contributed by atoms with Crippen molar-refractivity contribution in [3.8, 4) is 5.75 Å². The Morgan fingerprint density at radius 3 is 2.08 bits per heavy atom. The van der Waals surface area contributed by atoms with Crippen LogP contribution in [0.4, 0.5) is 11.9 Å². The lowest BCUT2D eigenvalue weighted by molar-refractivity contribution is -0.0000133. The van der Waals surface area contributed by atoms with E-state index in [2.05, 4.69) is 25.6 Å². The number of benzene rings is 1. The highest BCUT2D eigenvalue weighted by atomic mass is 79.9. The van der Waals surface area contributed by atoms with E-state index in [1.165, 1.54) is 11.8 Å². The molecule has 2 N–H and O–H groups in total. The number of Topliss-reactive ketones (excluding diaryl/α,β-unsaturated/α-hetero) is 1. The Morgan fingerprint density at radius 2 is 1.60 bits per heavy atom. The van der Waals surface area contributed by atoms with E-state index in [4.69, 9.17) is 4.74 Å². The van der Waals surface area contributed by atoms with Crippen molar-refractivity contribution in [2.24, 2.45) is 0 Å². The second-order valence-electron chi connectivity index (χ2n) is 4.77. The first-order chi connectivity index (χ1) is 11.7. The number of hydrogen-bond donors (Lipinski definition) is 2. The molecule has 0 aliphatic heterocycles. The van der Waals surface area contributed by atoms with Gasteiger partial charge in [0.15, 0.2) is 10.9 Å². The summed E-state index contributed by atoms with van der Waals surface area (Å²) >= 11 is 1.29. The molecule has 0 unspecified atom stereocenters. The van der Waals surface area contributed by atoms with Crippen LogP contribution in [-0.2, 0) is 0 Å². The summed E-state index contributed by atoms with van der Waals surface area (Å²) in [4.78, 5) is 25.2. The number of nitrogens with zero attached hydrogens (tertiary/aromatic N) is 3. The average Bonchev–Trinajstić information content (AvgIpc) is 2.60. The van der Waals surface area contributed by atoms with E-state index in [0.717, 1.165) is 5.75 Å². The van der Waals surface area contributed by atoms with Crippen LogP contribution < -0.4 is 32.4 Å². The molecule has 0 spiro atoms. The van der Waals surface area contributed by atoms with E-state index in [-0.39, 0.29) is 28.5 Å². The van der Waals surface area contributed by atoms with Crippen molar-refractivity contribution in [3.05, 3.63) is 29.8 Å². The van der Waals surface area contributed by atoms with E-state index in [0.29, 0.717) is 35.7 Å².